The van der Waals surface area contributed by atoms with E-state index in [1.807, 2.05) is 11.8 Å². The number of rotatable bonds is 4. The Morgan fingerprint density at radius 3 is 2.20 bits per heavy atom. The van der Waals surface area contributed by atoms with Crippen LogP contribution in [0.4, 0.5) is 18.9 Å². The molecule has 0 bridgehead atoms. The van der Waals surface area contributed by atoms with Crippen molar-refractivity contribution in [2.24, 2.45) is 4.99 Å². The Kier molecular flexibility index (Phi) is 7.22. The number of amides is 1. The van der Waals surface area contributed by atoms with E-state index in [9.17, 15) is 18.0 Å². The van der Waals surface area contributed by atoms with Gasteiger partial charge in [-0.1, -0.05) is 0 Å². The molecule has 2 heterocycles. The first-order valence-electron chi connectivity index (χ1n) is 12.6. The summed E-state index contributed by atoms with van der Waals surface area (Å²) in [5.41, 5.74) is 0.252. The topological polar surface area (TPSA) is 72.8 Å². The Morgan fingerprint density at radius 2 is 1.57 bits per heavy atom. The molecule has 5 rings (SSSR count). The molecule has 8 nitrogen and oxygen atoms in total. The summed E-state index contributed by atoms with van der Waals surface area (Å²) in [7, 11) is 4.56. The van der Waals surface area contributed by atoms with E-state index in [-0.39, 0.29) is 23.4 Å². The Hall–Kier alpha value is -4.41. The van der Waals surface area contributed by atoms with Crippen LogP contribution in [0.2, 0.25) is 0 Å². The number of hydrogen-bond donors (Lipinski definition) is 0. The zero-order valence-corrected chi connectivity index (χ0v) is 22.4. The zero-order valence-electron chi connectivity index (χ0n) is 22.4. The summed E-state index contributed by atoms with van der Waals surface area (Å²) in [5, 5.41) is 0. The summed E-state index contributed by atoms with van der Waals surface area (Å²) < 4.78 is 62.6. The van der Waals surface area contributed by atoms with E-state index < -0.39 is 11.7 Å². The quantitative estimate of drug-likeness (QED) is 0.408. The normalized spacial score (nSPS) is 16.7. The number of aliphatic imine (C=N–C) groups is 1. The highest BCUT2D eigenvalue weighted by atomic mass is 19.4. The number of halogens is 3. The average Bonchev–Trinajstić information content (AvgIpc) is 3.11. The molecule has 1 fully saturated rings. The molecule has 210 valence electrons. The van der Waals surface area contributed by atoms with Crippen molar-refractivity contribution < 1.29 is 36.9 Å². The lowest BCUT2D eigenvalue weighted by molar-refractivity contribution is -0.137. The van der Waals surface area contributed by atoms with Crippen molar-refractivity contribution >= 4 is 17.4 Å². The van der Waals surface area contributed by atoms with E-state index in [4.69, 9.17) is 18.9 Å². The van der Waals surface area contributed by atoms with Gasteiger partial charge in [0, 0.05) is 37.3 Å². The van der Waals surface area contributed by atoms with E-state index in [1.165, 1.54) is 27.4 Å². The van der Waals surface area contributed by atoms with E-state index in [0.29, 0.717) is 59.6 Å². The lowest BCUT2D eigenvalue weighted by Crippen LogP contribution is -2.55. The van der Waals surface area contributed by atoms with Gasteiger partial charge in [-0.3, -0.25) is 4.79 Å². The predicted octanol–water partition coefficient (Wildman–Crippen LogP) is 5.76. The first kappa shape index (κ1) is 27.2. The summed E-state index contributed by atoms with van der Waals surface area (Å²) in [6.45, 7) is 3.04. The molecule has 1 saturated heterocycles. The second-order valence-electron chi connectivity index (χ2n) is 9.47. The molecule has 0 aromatic heterocycles. The van der Waals surface area contributed by atoms with Crippen LogP contribution in [0.3, 0.4) is 0 Å². The van der Waals surface area contributed by atoms with Crippen LogP contribution in [-0.2, 0) is 6.18 Å². The molecular weight excluding hydrogens is 527 g/mol. The van der Waals surface area contributed by atoms with E-state index >= 15 is 0 Å². The van der Waals surface area contributed by atoms with Gasteiger partial charge in [0.15, 0.2) is 5.75 Å². The van der Waals surface area contributed by atoms with Crippen LogP contribution >= 0.6 is 0 Å². The van der Waals surface area contributed by atoms with Gasteiger partial charge in [0.2, 0.25) is 0 Å². The number of fused-ring (bicyclic) bond motifs is 2. The lowest BCUT2D eigenvalue weighted by Gasteiger charge is -2.41. The number of alkyl halides is 3. The Balaban J connectivity index is 1.49. The number of benzene rings is 3. The first-order chi connectivity index (χ1) is 19.1. The van der Waals surface area contributed by atoms with Gasteiger partial charge in [-0.05, 0) is 55.5 Å². The van der Waals surface area contributed by atoms with Gasteiger partial charge in [-0.2, -0.15) is 13.2 Å². The van der Waals surface area contributed by atoms with Crippen molar-refractivity contribution in [3.8, 4) is 28.7 Å². The van der Waals surface area contributed by atoms with Crippen LogP contribution < -0.4 is 18.9 Å². The number of methoxy groups -OCH3 is 3. The smallest absolute Gasteiger partial charge is 0.416 e. The molecule has 1 unspecified atom stereocenters. The van der Waals surface area contributed by atoms with E-state index in [1.54, 1.807) is 41.3 Å². The fraction of sp³-hybridized carbons (Fsp3) is 0.310. The summed E-state index contributed by atoms with van der Waals surface area (Å²) in [6.07, 6.45) is -4.53. The van der Waals surface area contributed by atoms with Gasteiger partial charge >= 0.3 is 6.18 Å². The molecule has 0 spiro atoms. The molecule has 1 atom stereocenters. The Labute approximate surface area is 229 Å². The monoisotopic (exact) mass is 555 g/mol. The fourth-order valence-electron chi connectivity index (χ4n) is 4.85. The van der Waals surface area contributed by atoms with Gasteiger partial charge in [-0.15, -0.1) is 0 Å². The molecule has 1 amide bonds. The summed E-state index contributed by atoms with van der Waals surface area (Å²) >= 11 is 0. The highest BCUT2D eigenvalue weighted by Crippen LogP contribution is 2.42. The Bertz CT molecular complexity index is 1450. The lowest BCUT2D eigenvalue weighted by atomic mass is 10.1. The second kappa shape index (κ2) is 10.6. The number of carbonyl (C=O) groups excluding carboxylic acids is 1. The first-order valence-corrected chi connectivity index (χ1v) is 12.6. The molecule has 0 saturated carbocycles. The molecule has 0 aliphatic carbocycles. The van der Waals surface area contributed by atoms with Gasteiger partial charge < -0.3 is 28.7 Å². The molecule has 0 radical (unpaired) electrons. The maximum Gasteiger partial charge on any atom is 0.416 e. The van der Waals surface area contributed by atoms with Gasteiger partial charge in [0.25, 0.3) is 5.91 Å². The number of ether oxygens (including phenoxy) is 4. The molecule has 2 aliphatic heterocycles. The van der Waals surface area contributed by atoms with Crippen LogP contribution in [-0.4, -0.2) is 68.5 Å². The average molecular weight is 556 g/mol. The maximum absolute atomic E-state index is 13.5. The van der Waals surface area contributed by atoms with Crippen molar-refractivity contribution in [3.63, 3.8) is 0 Å². The SMILES string of the molecule is COc1cc(OC)cc(C(=O)N2CCN(C3=Nc4cc(C(F)(F)F)ccc4Oc4ccc(OC)cc43)CC2C)c1. The van der Waals surface area contributed by atoms with Gasteiger partial charge in [0.1, 0.15) is 34.5 Å². The van der Waals surface area contributed by atoms with E-state index in [0.717, 1.165) is 12.1 Å². The third-order valence-electron chi connectivity index (χ3n) is 6.95. The van der Waals surface area contributed by atoms with Crippen LogP contribution in [0, 0.1) is 0 Å². The molecule has 3 aromatic rings. The molecule has 3 aromatic carbocycles. The molecule has 0 N–H and O–H groups in total. The van der Waals surface area contributed by atoms with Crippen LogP contribution in [0.15, 0.2) is 59.6 Å². The molecule has 11 heteroatoms. The maximum atomic E-state index is 13.5. The number of piperazine rings is 1. The third kappa shape index (κ3) is 5.23. The zero-order chi connectivity index (χ0) is 28.6. The van der Waals surface area contributed by atoms with Crippen molar-refractivity contribution in [2.45, 2.75) is 19.1 Å². The highest BCUT2D eigenvalue weighted by Gasteiger charge is 2.34. The summed E-state index contributed by atoms with van der Waals surface area (Å²) in [6, 6.07) is 13.2. The van der Waals surface area contributed by atoms with Crippen LogP contribution in [0.1, 0.15) is 28.4 Å². The molecular formula is C29H28F3N3O5. The molecule has 40 heavy (non-hydrogen) atoms. The summed E-state index contributed by atoms with van der Waals surface area (Å²) in [5.74, 6) is 2.46. The predicted molar refractivity (Wildman–Crippen MR) is 142 cm³/mol. The largest absolute Gasteiger partial charge is 0.497 e. The second-order valence-corrected chi connectivity index (χ2v) is 9.47. The van der Waals surface area contributed by atoms with Crippen molar-refractivity contribution in [2.75, 3.05) is 41.0 Å². The van der Waals surface area contributed by atoms with E-state index in [2.05, 4.69) is 4.99 Å². The number of carbonyl (C=O) groups is 1. The standard InChI is InChI=1S/C29H28F3N3O5/c1-17-16-34(9-10-35(17)28(36)18-11-21(38-3)14-22(12-18)39-4)27-23-15-20(37-2)6-8-25(23)40-26-7-5-19(29(30,31)32)13-24(26)33-27/h5-8,11-15,17H,9-10,16H2,1-4H3. The molecule has 2 aliphatic rings. The van der Waals surface area contributed by atoms with Gasteiger partial charge in [-0.25, -0.2) is 4.99 Å². The minimum atomic E-state index is -4.53. The number of hydrogen-bond acceptors (Lipinski definition) is 7. The van der Waals surface area contributed by atoms with Crippen molar-refractivity contribution in [1.29, 1.82) is 0 Å². The fourth-order valence-corrected chi connectivity index (χ4v) is 4.85. The minimum absolute atomic E-state index is 0.0645. The number of nitrogens with zero attached hydrogens (tertiary/aromatic N) is 3. The summed E-state index contributed by atoms with van der Waals surface area (Å²) in [4.78, 5) is 21.9. The highest BCUT2D eigenvalue weighted by molar-refractivity contribution is 6.04. The van der Waals surface area contributed by atoms with Crippen LogP contribution in [0.5, 0.6) is 28.7 Å². The van der Waals surface area contributed by atoms with Crippen molar-refractivity contribution in [1.82, 2.24) is 9.80 Å². The number of amidine groups is 1. The van der Waals surface area contributed by atoms with Gasteiger partial charge in [0.05, 0.1) is 32.5 Å². The third-order valence-corrected chi connectivity index (χ3v) is 6.95. The van der Waals surface area contributed by atoms with Crippen LogP contribution in [0.25, 0.3) is 0 Å². The minimum Gasteiger partial charge on any atom is -0.497 e. The Morgan fingerprint density at radius 1 is 0.900 bits per heavy atom. The van der Waals surface area contributed by atoms with Crippen molar-refractivity contribution in [3.05, 3.63) is 71.3 Å².